The number of sulfonamides is 1. The number of ether oxygens (including phenoxy) is 1. The molecule has 148 valence electrons. The third kappa shape index (κ3) is 4.58. The first-order chi connectivity index (χ1) is 13.0. The fourth-order valence-corrected chi connectivity index (χ4v) is 4.59. The molecule has 7 nitrogen and oxygen atoms in total. The summed E-state index contributed by atoms with van der Waals surface area (Å²) in [5, 5.41) is 9.83. The van der Waals surface area contributed by atoms with Gasteiger partial charge >= 0.3 is 12.3 Å². The van der Waals surface area contributed by atoms with Gasteiger partial charge in [0.2, 0.25) is 10.0 Å². The van der Waals surface area contributed by atoms with Gasteiger partial charge in [0.1, 0.15) is 16.4 Å². The molecule has 0 atom stereocenters. The average Bonchev–Trinajstić information content (AvgIpc) is 3.03. The summed E-state index contributed by atoms with van der Waals surface area (Å²) in [6.07, 6.45) is -5.24. The Balaban J connectivity index is 1.85. The number of nitrogens with one attached hydrogen (secondary N) is 1. The van der Waals surface area contributed by atoms with Crippen LogP contribution in [0, 0.1) is 0 Å². The Labute approximate surface area is 160 Å². The summed E-state index contributed by atoms with van der Waals surface area (Å²) in [5.74, 6) is -1.69. The Morgan fingerprint density at radius 3 is 2.61 bits per heavy atom. The number of hydrogen-bond acceptors (Lipinski definition) is 6. The number of fused-ring (bicyclic) bond motifs is 1. The van der Waals surface area contributed by atoms with Crippen molar-refractivity contribution in [3.63, 3.8) is 0 Å². The highest BCUT2D eigenvalue weighted by Gasteiger charge is 2.38. The van der Waals surface area contributed by atoms with Crippen molar-refractivity contribution in [2.45, 2.75) is 17.8 Å². The number of hydrogen-bond donors (Lipinski definition) is 2. The third-order valence-electron chi connectivity index (χ3n) is 3.43. The van der Waals surface area contributed by atoms with E-state index in [2.05, 4.69) is 4.98 Å². The molecule has 0 aliphatic heterocycles. The average molecular weight is 432 g/mol. The first kappa shape index (κ1) is 20.0. The number of aromatic nitrogens is 1. The zero-order chi connectivity index (χ0) is 20.5. The SMILES string of the molecule is O=C(O)c1sc(OCc2ccc3ccccc3n2)cc1S(=O)(=O)NC(F)(F)F. The molecule has 12 heteroatoms. The Hall–Kier alpha value is -2.70. The molecule has 28 heavy (non-hydrogen) atoms. The minimum absolute atomic E-state index is 0.128. The van der Waals surface area contributed by atoms with Crippen molar-refractivity contribution >= 4 is 38.2 Å². The monoisotopic (exact) mass is 432 g/mol. The number of carbonyl (C=O) groups is 1. The molecule has 0 saturated heterocycles. The van der Waals surface area contributed by atoms with Crippen LogP contribution in [0.1, 0.15) is 15.4 Å². The number of benzene rings is 1. The van der Waals surface area contributed by atoms with Crippen LogP contribution in [0.2, 0.25) is 0 Å². The molecule has 0 radical (unpaired) electrons. The predicted octanol–water partition coefficient (Wildman–Crippen LogP) is 3.37. The summed E-state index contributed by atoms with van der Waals surface area (Å²) in [6.45, 7) is -0.128. The van der Waals surface area contributed by atoms with Crippen molar-refractivity contribution in [1.82, 2.24) is 9.71 Å². The highest BCUT2D eigenvalue weighted by atomic mass is 32.2. The summed E-state index contributed by atoms with van der Waals surface area (Å²) >= 11 is 0.407. The number of para-hydroxylation sites is 1. The first-order valence-electron chi connectivity index (χ1n) is 7.50. The maximum Gasteiger partial charge on any atom is 0.470 e. The van der Waals surface area contributed by atoms with E-state index in [1.54, 1.807) is 24.3 Å². The van der Waals surface area contributed by atoms with Crippen molar-refractivity contribution in [2.75, 3.05) is 0 Å². The van der Waals surface area contributed by atoms with E-state index in [0.717, 1.165) is 11.5 Å². The second-order valence-electron chi connectivity index (χ2n) is 5.45. The summed E-state index contributed by atoms with van der Waals surface area (Å²) < 4.78 is 66.7. The van der Waals surface area contributed by atoms with Gasteiger partial charge in [-0.05, 0) is 12.1 Å². The number of carboxylic acids is 1. The molecule has 0 unspecified atom stereocenters. The van der Waals surface area contributed by atoms with Gasteiger partial charge in [-0.25, -0.2) is 18.2 Å². The number of aromatic carboxylic acids is 1. The minimum atomic E-state index is -5.24. The van der Waals surface area contributed by atoms with E-state index in [1.807, 2.05) is 12.1 Å². The smallest absolute Gasteiger partial charge is 0.470 e. The molecule has 2 aromatic heterocycles. The van der Waals surface area contributed by atoms with Crippen LogP contribution in [-0.4, -0.2) is 30.8 Å². The number of alkyl halides is 3. The van der Waals surface area contributed by atoms with E-state index >= 15 is 0 Å². The van der Waals surface area contributed by atoms with Crippen LogP contribution < -0.4 is 9.46 Å². The molecule has 0 aliphatic rings. The summed E-state index contributed by atoms with van der Waals surface area (Å²) in [4.78, 5) is 13.8. The van der Waals surface area contributed by atoms with Gasteiger partial charge in [0.15, 0.2) is 5.06 Å². The quantitative estimate of drug-likeness (QED) is 0.579. The largest absolute Gasteiger partial charge is 0.478 e. The van der Waals surface area contributed by atoms with Crippen molar-refractivity contribution in [2.24, 2.45) is 0 Å². The summed E-state index contributed by atoms with van der Waals surface area (Å²) in [7, 11) is -5.13. The van der Waals surface area contributed by atoms with Gasteiger partial charge in [-0.3, -0.25) is 0 Å². The molecule has 3 aromatic rings. The number of carboxylic acid groups (broad SMARTS) is 1. The van der Waals surface area contributed by atoms with Gasteiger partial charge < -0.3 is 9.84 Å². The highest BCUT2D eigenvalue weighted by Crippen LogP contribution is 2.34. The Morgan fingerprint density at radius 2 is 1.93 bits per heavy atom. The molecule has 1 aromatic carbocycles. The number of nitrogens with zero attached hydrogens (tertiary/aromatic N) is 1. The van der Waals surface area contributed by atoms with E-state index < -0.39 is 32.1 Å². The van der Waals surface area contributed by atoms with E-state index in [-0.39, 0.29) is 11.7 Å². The topological polar surface area (TPSA) is 106 Å². The molecular weight excluding hydrogens is 421 g/mol. The van der Waals surface area contributed by atoms with Crippen molar-refractivity contribution in [1.29, 1.82) is 0 Å². The third-order valence-corrected chi connectivity index (χ3v) is 5.99. The second kappa shape index (κ2) is 7.37. The van der Waals surface area contributed by atoms with Crippen LogP contribution in [-0.2, 0) is 16.6 Å². The van der Waals surface area contributed by atoms with Crippen LogP contribution in [0.25, 0.3) is 10.9 Å². The molecule has 0 amide bonds. The Morgan fingerprint density at radius 1 is 1.21 bits per heavy atom. The van der Waals surface area contributed by atoms with E-state index in [4.69, 9.17) is 9.84 Å². The van der Waals surface area contributed by atoms with Crippen LogP contribution in [0.5, 0.6) is 5.06 Å². The van der Waals surface area contributed by atoms with Crippen molar-refractivity contribution < 1.29 is 36.2 Å². The van der Waals surface area contributed by atoms with Gasteiger partial charge in [-0.2, -0.15) is 13.2 Å². The van der Waals surface area contributed by atoms with Crippen molar-refractivity contribution in [3.05, 3.63) is 53.0 Å². The normalized spacial score (nSPS) is 12.2. The highest BCUT2D eigenvalue weighted by molar-refractivity contribution is 7.89. The van der Waals surface area contributed by atoms with E-state index in [1.165, 1.54) is 0 Å². The van der Waals surface area contributed by atoms with Crippen LogP contribution in [0.4, 0.5) is 13.2 Å². The molecule has 0 fully saturated rings. The lowest BCUT2D eigenvalue weighted by Crippen LogP contribution is -2.37. The number of thiophene rings is 1. The molecule has 0 bridgehead atoms. The maximum absolute atomic E-state index is 12.4. The summed E-state index contributed by atoms with van der Waals surface area (Å²) in [5.41, 5.74) is 1.17. The Kier molecular flexibility index (Phi) is 5.28. The van der Waals surface area contributed by atoms with Gasteiger partial charge in [0.25, 0.3) is 0 Å². The standard InChI is InChI=1S/C16H11F3N2O5S2/c17-16(18,19)21-28(24,25)12-7-13(27-14(12)15(22)23)26-8-10-6-5-9-3-1-2-4-11(9)20-10/h1-7,21H,8H2,(H,22,23). The zero-order valence-corrected chi connectivity index (χ0v) is 15.4. The molecule has 0 saturated carbocycles. The molecule has 3 rings (SSSR count). The fraction of sp³-hybridized carbons (Fsp3) is 0.125. The first-order valence-corrected chi connectivity index (χ1v) is 9.80. The van der Waals surface area contributed by atoms with Crippen molar-refractivity contribution in [3.8, 4) is 5.06 Å². The number of rotatable bonds is 6. The Bertz CT molecular complexity index is 1140. The van der Waals surface area contributed by atoms with Gasteiger partial charge in [-0.1, -0.05) is 35.6 Å². The van der Waals surface area contributed by atoms with E-state index in [0.29, 0.717) is 27.3 Å². The van der Waals surface area contributed by atoms with Crippen LogP contribution in [0.3, 0.4) is 0 Å². The number of pyridine rings is 1. The molecule has 0 spiro atoms. The maximum atomic E-state index is 12.4. The molecule has 0 aliphatic carbocycles. The zero-order valence-electron chi connectivity index (χ0n) is 13.7. The van der Waals surface area contributed by atoms with E-state index in [9.17, 15) is 26.4 Å². The molecule has 2 N–H and O–H groups in total. The summed E-state index contributed by atoms with van der Waals surface area (Å²) in [6, 6.07) is 11.5. The minimum Gasteiger partial charge on any atom is -0.478 e. The van der Waals surface area contributed by atoms with Crippen LogP contribution >= 0.6 is 11.3 Å². The molecular formula is C16H11F3N2O5S2. The number of halogens is 3. The fourth-order valence-electron chi connectivity index (χ4n) is 2.31. The van der Waals surface area contributed by atoms with Crippen LogP contribution in [0.15, 0.2) is 47.4 Å². The lowest BCUT2D eigenvalue weighted by Gasteiger charge is -2.08. The lowest BCUT2D eigenvalue weighted by molar-refractivity contribution is -0.138. The predicted molar refractivity (Wildman–Crippen MR) is 93.7 cm³/mol. The second-order valence-corrected chi connectivity index (χ2v) is 8.12. The van der Waals surface area contributed by atoms with Gasteiger partial charge in [0.05, 0.1) is 11.2 Å². The lowest BCUT2D eigenvalue weighted by atomic mass is 10.2. The molecule has 2 heterocycles. The van der Waals surface area contributed by atoms with Gasteiger partial charge in [0, 0.05) is 11.5 Å². The van der Waals surface area contributed by atoms with Gasteiger partial charge in [-0.15, -0.1) is 4.72 Å².